The molecule has 1 aromatic rings. The summed E-state index contributed by atoms with van der Waals surface area (Å²) in [6.07, 6.45) is 5.40. The summed E-state index contributed by atoms with van der Waals surface area (Å²) in [5.41, 5.74) is 0.448. The Morgan fingerprint density at radius 3 is 2.89 bits per heavy atom. The van der Waals surface area contributed by atoms with Crippen LogP contribution in [0, 0.1) is 0 Å². The maximum absolute atomic E-state index is 12.4. The molecule has 98 valence electrons. The number of pyridine rings is 1. The molecule has 0 bridgehead atoms. The van der Waals surface area contributed by atoms with Gasteiger partial charge in [-0.3, -0.25) is 4.79 Å². The van der Waals surface area contributed by atoms with Gasteiger partial charge < -0.3 is 10.0 Å². The lowest BCUT2D eigenvalue weighted by Crippen LogP contribution is -2.45. The largest absolute Gasteiger partial charge is 0.396 e. The maximum atomic E-state index is 12.4. The third-order valence-corrected chi connectivity index (χ3v) is 3.62. The third-order valence-electron chi connectivity index (χ3n) is 3.32. The average Bonchev–Trinajstić information content (AvgIpc) is 2.32. The van der Waals surface area contributed by atoms with Gasteiger partial charge in [0, 0.05) is 25.4 Å². The van der Waals surface area contributed by atoms with Gasteiger partial charge in [0.25, 0.3) is 5.91 Å². The number of nitrogens with zero attached hydrogens (tertiary/aromatic N) is 2. The molecule has 1 saturated carbocycles. The number of carbonyl (C=O) groups excluding carboxylic acids is 1. The second-order valence-electron chi connectivity index (χ2n) is 4.50. The highest BCUT2D eigenvalue weighted by molar-refractivity contribution is 6.32. The number of aromatic nitrogens is 1. The molecule has 0 aliphatic heterocycles. The summed E-state index contributed by atoms with van der Waals surface area (Å²) in [6.45, 7) is 0.669. The molecule has 2 rings (SSSR count). The second-order valence-corrected chi connectivity index (χ2v) is 4.86. The molecule has 0 spiro atoms. The van der Waals surface area contributed by atoms with Crippen molar-refractivity contribution in [3.63, 3.8) is 0 Å². The molecule has 4 nitrogen and oxygen atoms in total. The number of aliphatic hydroxyl groups excluding tert-OH is 1. The van der Waals surface area contributed by atoms with E-state index in [2.05, 4.69) is 4.98 Å². The Hall–Kier alpha value is -1.13. The summed E-state index contributed by atoms with van der Waals surface area (Å²) in [4.78, 5) is 18.2. The summed E-state index contributed by atoms with van der Waals surface area (Å²) in [5, 5.41) is 9.16. The highest BCUT2D eigenvalue weighted by atomic mass is 35.5. The quantitative estimate of drug-likeness (QED) is 0.832. The van der Waals surface area contributed by atoms with Gasteiger partial charge >= 0.3 is 0 Å². The first-order valence-corrected chi connectivity index (χ1v) is 6.64. The lowest BCUT2D eigenvalue weighted by molar-refractivity contribution is 0.0562. The smallest absolute Gasteiger partial charge is 0.257 e. The van der Waals surface area contributed by atoms with Crippen LogP contribution in [0.3, 0.4) is 0 Å². The lowest BCUT2D eigenvalue weighted by atomic mass is 9.91. The van der Waals surface area contributed by atoms with Crippen LogP contribution in [0.1, 0.15) is 36.0 Å². The van der Waals surface area contributed by atoms with E-state index < -0.39 is 0 Å². The number of amides is 1. The predicted octanol–water partition coefficient (Wildman–Crippen LogP) is 2.11. The van der Waals surface area contributed by atoms with Gasteiger partial charge in [0.2, 0.25) is 0 Å². The van der Waals surface area contributed by atoms with Crippen molar-refractivity contribution in [2.24, 2.45) is 0 Å². The molecule has 0 atom stereocenters. The van der Waals surface area contributed by atoms with E-state index in [4.69, 9.17) is 16.7 Å². The first-order chi connectivity index (χ1) is 8.74. The van der Waals surface area contributed by atoms with Crippen molar-refractivity contribution in [1.82, 2.24) is 9.88 Å². The molecule has 18 heavy (non-hydrogen) atoms. The van der Waals surface area contributed by atoms with E-state index in [1.165, 1.54) is 0 Å². The Balaban J connectivity index is 2.14. The van der Waals surface area contributed by atoms with Crippen LogP contribution in [0.5, 0.6) is 0 Å². The van der Waals surface area contributed by atoms with Gasteiger partial charge in [-0.15, -0.1) is 0 Å². The molecule has 1 amide bonds. The van der Waals surface area contributed by atoms with Crippen LogP contribution in [-0.4, -0.2) is 40.1 Å². The van der Waals surface area contributed by atoms with Crippen molar-refractivity contribution in [1.29, 1.82) is 0 Å². The zero-order valence-corrected chi connectivity index (χ0v) is 10.9. The molecule has 1 heterocycles. The fourth-order valence-electron chi connectivity index (χ4n) is 2.09. The highest BCUT2D eigenvalue weighted by Crippen LogP contribution is 2.27. The van der Waals surface area contributed by atoms with Gasteiger partial charge in [-0.25, -0.2) is 4.98 Å². The van der Waals surface area contributed by atoms with E-state index >= 15 is 0 Å². The Bertz CT molecular complexity index is 421. The first-order valence-electron chi connectivity index (χ1n) is 6.26. The summed E-state index contributed by atoms with van der Waals surface area (Å²) in [5.74, 6) is -0.0775. The van der Waals surface area contributed by atoms with Crippen LogP contribution < -0.4 is 0 Å². The van der Waals surface area contributed by atoms with Crippen molar-refractivity contribution in [2.75, 3.05) is 13.2 Å². The van der Waals surface area contributed by atoms with E-state index in [1.807, 2.05) is 4.90 Å². The molecule has 0 saturated heterocycles. The predicted molar refractivity (Wildman–Crippen MR) is 69.6 cm³/mol. The summed E-state index contributed by atoms with van der Waals surface area (Å²) >= 11 is 5.96. The molecule has 1 N–H and O–H groups in total. The normalized spacial score (nSPS) is 15.2. The van der Waals surface area contributed by atoms with Crippen LogP contribution in [0.2, 0.25) is 5.15 Å². The fourth-order valence-corrected chi connectivity index (χ4v) is 2.29. The summed E-state index contributed by atoms with van der Waals surface area (Å²) in [6, 6.07) is 3.70. The Morgan fingerprint density at radius 1 is 1.56 bits per heavy atom. The molecule has 5 heteroatoms. The summed E-state index contributed by atoms with van der Waals surface area (Å²) < 4.78 is 0. The second kappa shape index (κ2) is 6.16. The zero-order chi connectivity index (χ0) is 13.0. The molecule has 1 fully saturated rings. The SMILES string of the molecule is O=C(c1cccnc1Cl)N(CCCO)C1CCC1. The molecule has 1 aromatic heterocycles. The Labute approximate surface area is 112 Å². The molecule has 1 aliphatic rings. The molecular weight excluding hydrogens is 252 g/mol. The monoisotopic (exact) mass is 268 g/mol. The minimum atomic E-state index is -0.0775. The van der Waals surface area contributed by atoms with Crippen molar-refractivity contribution in [3.05, 3.63) is 29.0 Å². The third kappa shape index (κ3) is 2.82. The van der Waals surface area contributed by atoms with Crippen LogP contribution >= 0.6 is 11.6 Å². The fraction of sp³-hybridized carbons (Fsp3) is 0.538. The molecular formula is C13H17ClN2O2. The lowest BCUT2D eigenvalue weighted by Gasteiger charge is -2.37. The molecule has 0 radical (unpaired) electrons. The van der Waals surface area contributed by atoms with Crippen LogP contribution in [0.4, 0.5) is 0 Å². The first kappa shape index (κ1) is 13.3. The number of carbonyl (C=O) groups is 1. The standard InChI is InChI=1S/C13H17ClN2O2/c14-12-11(6-2-7-15-12)13(18)16(8-3-9-17)10-4-1-5-10/h2,6-7,10,17H,1,3-5,8-9H2. The van der Waals surface area contributed by atoms with E-state index in [1.54, 1.807) is 18.3 Å². The van der Waals surface area contributed by atoms with Crippen LogP contribution in [0.25, 0.3) is 0 Å². The Morgan fingerprint density at radius 2 is 2.33 bits per heavy atom. The zero-order valence-electron chi connectivity index (χ0n) is 10.2. The number of aliphatic hydroxyl groups is 1. The van der Waals surface area contributed by atoms with Gasteiger partial charge in [-0.05, 0) is 37.8 Å². The number of hydrogen-bond donors (Lipinski definition) is 1. The molecule has 0 aromatic carbocycles. The summed E-state index contributed by atoms with van der Waals surface area (Å²) in [7, 11) is 0. The van der Waals surface area contributed by atoms with Crippen molar-refractivity contribution in [2.45, 2.75) is 31.7 Å². The van der Waals surface area contributed by atoms with Crippen molar-refractivity contribution < 1.29 is 9.90 Å². The molecule has 1 aliphatic carbocycles. The van der Waals surface area contributed by atoms with Gasteiger partial charge in [-0.2, -0.15) is 0 Å². The van der Waals surface area contributed by atoms with Gasteiger partial charge in [0.05, 0.1) is 5.56 Å². The van der Waals surface area contributed by atoms with Gasteiger partial charge in [-0.1, -0.05) is 11.6 Å². The van der Waals surface area contributed by atoms with Crippen LogP contribution in [-0.2, 0) is 0 Å². The van der Waals surface area contributed by atoms with E-state index in [0.29, 0.717) is 24.6 Å². The van der Waals surface area contributed by atoms with E-state index in [-0.39, 0.29) is 17.7 Å². The van der Waals surface area contributed by atoms with E-state index in [9.17, 15) is 4.79 Å². The minimum absolute atomic E-state index is 0.0775. The molecule has 0 unspecified atom stereocenters. The van der Waals surface area contributed by atoms with E-state index in [0.717, 1.165) is 19.3 Å². The van der Waals surface area contributed by atoms with Gasteiger partial charge in [0.15, 0.2) is 0 Å². The Kier molecular flexibility index (Phi) is 4.55. The van der Waals surface area contributed by atoms with Gasteiger partial charge in [0.1, 0.15) is 5.15 Å². The van der Waals surface area contributed by atoms with Crippen LogP contribution in [0.15, 0.2) is 18.3 Å². The van der Waals surface area contributed by atoms with Crippen molar-refractivity contribution >= 4 is 17.5 Å². The number of hydrogen-bond acceptors (Lipinski definition) is 3. The number of halogens is 1. The maximum Gasteiger partial charge on any atom is 0.257 e. The minimum Gasteiger partial charge on any atom is -0.396 e. The number of rotatable bonds is 5. The highest BCUT2D eigenvalue weighted by Gasteiger charge is 2.29. The van der Waals surface area contributed by atoms with Crippen molar-refractivity contribution in [3.8, 4) is 0 Å². The average molecular weight is 269 g/mol. The topological polar surface area (TPSA) is 53.4 Å².